The van der Waals surface area contributed by atoms with Gasteiger partial charge in [-0.2, -0.15) is 0 Å². The fourth-order valence-corrected chi connectivity index (χ4v) is 6.04. The maximum Gasteiger partial charge on any atom is 0.155 e. The number of fused-ring (bicyclic) bond motifs is 4. The van der Waals surface area contributed by atoms with Crippen LogP contribution in [0.2, 0.25) is 0 Å². The number of carbonyl (C=O) groups excluding carboxylic acids is 1. The predicted molar refractivity (Wildman–Crippen MR) is 160 cm³/mol. The molecule has 2 aromatic heterocycles. The first-order valence-corrected chi connectivity index (χ1v) is 13.1. The van der Waals surface area contributed by atoms with E-state index in [0.717, 1.165) is 11.3 Å². The van der Waals surface area contributed by atoms with Crippen molar-refractivity contribution in [3.8, 4) is 16.9 Å². The summed E-state index contributed by atoms with van der Waals surface area (Å²) in [6.45, 7) is 7.54. The van der Waals surface area contributed by atoms with Crippen LogP contribution in [-0.4, -0.2) is 20.4 Å². The van der Waals surface area contributed by atoms with Crippen molar-refractivity contribution < 1.29 is 30.0 Å². The van der Waals surface area contributed by atoms with Gasteiger partial charge in [0.05, 0.1) is 11.3 Å². The van der Waals surface area contributed by atoms with Crippen LogP contribution in [0, 0.1) is 6.07 Å². The number of aromatic nitrogens is 2. The van der Waals surface area contributed by atoms with Gasteiger partial charge in [0.15, 0.2) is 5.78 Å². The van der Waals surface area contributed by atoms with E-state index in [4.69, 9.17) is 10.1 Å². The van der Waals surface area contributed by atoms with Crippen LogP contribution in [0.25, 0.3) is 49.5 Å². The summed E-state index contributed by atoms with van der Waals surface area (Å²) < 4.78 is 2.38. The van der Waals surface area contributed by atoms with Gasteiger partial charge in [-0.1, -0.05) is 79.2 Å². The van der Waals surface area contributed by atoms with Crippen LogP contribution in [-0.2, 0) is 30.3 Å². The summed E-state index contributed by atoms with van der Waals surface area (Å²) in [6, 6.07) is 33.9. The zero-order valence-corrected chi connectivity index (χ0v) is 25.2. The fraction of sp³-hybridized carbons (Fsp3) is 0.143. The van der Waals surface area contributed by atoms with Crippen LogP contribution in [0.1, 0.15) is 38.8 Å². The molecule has 2 heterocycles. The number of rotatable bonds is 2. The monoisotopic (exact) mass is 702 g/mol. The first-order valence-electron chi connectivity index (χ1n) is 13.1. The van der Waals surface area contributed by atoms with Gasteiger partial charge in [0.25, 0.3) is 0 Å². The third-order valence-electron chi connectivity index (χ3n) is 7.52. The number of para-hydroxylation sites is 1. The molecule has 4 nitrogen and oxygen atoms in total. The van der Waals surface area contributed by atoms with Crippen LogP contribution >= 0.6 is 0 Å². The molecule has 6 aromatic rings. The number of hydrogen-bond acceptors (Lipinski definition) is 3. The molecule has 4 aromatic carbocycles. The Morgan fingerprint density at radius 3 is 2.30 bits per heavy atom. The predicted octanol–water partition coefficient (Wildman–Crippen LogP) is 8.47. The van der Waals surface area contributed by atoms with Crippen molar-refractivity contribution in [3.63, 3.8) is 0 Å². The third-order valence-corrected chi connectivity index (χ3v) is 7.52. The van der Waals surface area contributed by atoms with Gasteiger partial charge >= 0.3 is 0 Å². The molecule has 5 heteroatoms. The topological polar surface area (TPSA) is 55.1 Å². The summed E-state index contributed by atoms with van der Waals surface area (Å²) in [4.78, 5) is 15.0. The van der Waals surface area contributed by atoms with Crippen molar-refractivity contribution in [3.05, 3.63) is 120 Å². The second-order valence-electron chi connectivity index (χ2n) is 10.6. The van der Waals surface area contributed by atoms with E-state index in [2.05, 4.69) is 109 Å². The normalized spacial score (nSPS) is 13.3. The first kappa shape index (κ1) is 27.5. The second kappa shape index (κ2) is 10.5. The summed E-state index contributed by atoms with van der Waals surface area (Å²) in [5, 5.41) is 13.4. The number of aliphatic hydroxyl groups is 1. The molecule has 0 aliphatic heterocycles. The number of carbonyl (C=O) groups is 1. The molecule has 0 spiro atoms. The standard InChI is InChI=1S/C30H21N2.C5H8O2.Ir/c1-30(2)23-13-8-14-24-26(23)27-25(32(24)20-10-4-3-5-11-20)17-18-31-29(27)22-16-15-19-9-6-7-12-21(19)28(22)30;1-4(6)3-5(2)7;/h3-15,17-18H,1-2H3;3,6H,1-2H3;/q-1;;/b;4-3-;. The van der Waals surface area contributed by atoms with Gasteiger partial charge in [-0.05, 0) is 60.2 Å². The van der Waals surface area contributed by atoms with Gasteiger partial charge in [0, 0.05) is 49.0 Å². The second-order valence-corrected chi connectivity index (χ2v) is 10.6. The molecule has 0 bridgehead atoms. The van der Waals surface area contributed by atoms with E-state index in [9.17, 15) is 4.79 Å². The minimum atomic E-state index is -0.206. The third kappa shape index (κ3) is 4.36. The van der Waals surface area contributed by atoms with Crippen molar-refractivity contribution in [1.29, 1.82) is 0 Å². The molecule has 0 saturated carbocycles. The van der Waals surface area contributed by atoms with E-state index in [1.807, 2.05) is 6.20 Å². The Bertz CT molecular complexity index is 1930. The van der Waals surface area contributed by atoms with Gasteiger partial charge in [0.2, 0.25) is 0 Å². The Hall–Kier alpha value is -4.05. The minimum absolute atomic E-state index is 0. The summed E-state index contributed by atoms with van der Waals surface area (Å²) in [5.74, 6) is -0.0625. The molecule has 1 radical (unpaired) electrons. The Morgan fingerprint density at radius 2 is 1.60 bits per heavy atom. The molecule has 0 saturated heterocycles. The SMILES string of the molecule is CC(=O)/C=C(/C)O.CC1(C)c2c([c-]cc3ccccc23)-c2nccc3c2c2c1cccc2n3-c1ccccc1.[Ir]. The van der Waals surface area contributed by atoms with Gasteiger partial charge in [-0.25, -0.2) is 0 Å². The average Bonchev–Trinajstić information content (AvgIpc) is 3.23. The number of allylic oxidation sites excluding steroid dienone is 2. The molecule has 0 atom stereocenters. The molecule has 0 fully saturated rings. The number of pyridine rings is 1. The van der Waals surface area contributed by atoms with Gasteiger partial charge in [-0.15, -0.1) is 23.3 Å². The summed E-state index contributed by atoms with van der Waals surface area (Å²) in [6.07, 6.45) is 3.11. The van der Waals surface area contributed by atoms with Crippen molar-refractivity contribution in [2.24, 2.45) is 0 Å². The summed E-state index contributed by atoms with van der Waals surface area (Å²) in [7, 11) is 0. The average molecular weight is 702 g/mol. The number of hydrogen-bond donors (Lipinski definition) is 1. The van der Waals surface area contributed by atoms with E-state index in [0.29, 0.717) is 0 Å². The van der Waals surface area contributed by atoms with Crippen molar-refractivity contribution in [1.82, 2.24) is 9.55 Å². The van der Waals surface area contributed by atoms with E-state index < -0.39 is 0 Å². The maximum atomic E-state index is 10.0. The van der Waals surface area contributed by atoms with Gasteiger partial charge in [0.1, 0.15) is 0 Å². The van der Waals surface area contributed by atoms with E-state index in [1.165, 1.54) is 69.3 Å². The number of benzene rings is 4. The van der Waals surface area contributed by atoms with E-state index in [-0.39, 0.29) is 37.1 Å². The molecular weight excluding hydrogens is 673 g/mol. The first-order chi connectivity index (χ1) is 18.8. The maximum absolute atomic E-state index is 10.0. The van der Waals surface area contributed by atoms with Crippen LogP contribution in [0.5, 0.6) is 0 Å². The largest absolute Gasteiger partial charge is 0.512 e. The van der Waals surface area contributed by atoms with Crippen molar-refractivity contribution in [2.75, 3.05) is 0 Å². The summed E-state index contributed by atoms with van der Waals surface area (Å²) in [5.41, 5.74) is 8.17. The van der Waals surface area contributed by atoms with E-state index in [1.54, 1.807) is 0 Å². The molecule has 1 N–H and O–H groups in total. The Morgan fingerprint density at radius 1 is 0.900 bits per heavy atom. The molecule has 7 rings (SSSR count). The zero-order chi connectivity index (χ0) is 27.3. The fourth-order valence-electron chi connectivity index (χ4n) is 6.04. The number of nitrogens with zero attached hydrogens (tertiary/aromatic N) is 2. The molecule has 1 aliphatic rings. The molecule has 201 valence electrons. The zero-order valence-electron chi connectivity index (χ0n) is 22.8. The molecule has 0 unspecified atom stereocenters. The van der Waals surface area contributed by atoms with Gasteiger partial charge < -0.3 is 14.7 Å². The molecule has 1 aliphatic carbocycles. The molecular formula is C35H29IrN2O2-. The minimum Gasteiger partial charge on any atom is -0.512 e. The Kier molecular flexibility index (Phi) is 7.22. The quantitative estimate of drug-likeness (QED) is 0.112. The van der Waals surface area contributed by atoms with Gasteiger partial charge in [-0.3, -0.25) is 4.79 Å². The smallest absolute Gasteiger partial charge is 0.155 e. The number of ketones is 1. The Labute approximate surface area is 247 Å². The van der Waals surface area contributed by atoms with E-state index >= 15 is 0 Å². The van der Waals surface area contributed by atoms with Crippen LogP contribution in [0.3, 0.4) is 0 Å². The number of aliphatic hydroxyl groups excluding tert-OH is 1. The van der Waals surface area contributed by atoms with Crippen molar-refractivity contribution >= 4 is 38.4 Å². The van der Waals surface area contributed by atoms with Crippen molar-refractivity contribution in [2.45, 2.75) is 33.1 Å². The summed E-state index contributed by atoms with van der Waals surface area (Å²) >= 11 is 0. The van der Waals surface area contributed by atoms with Crippen LogP contribution < -0.4 is 0 Å². The molecule has 40 heavy (non-hydrogen) atoms. The molecule has 0 amide bonds. The Balaban J connectivity index is 0.000000362. The van der Waals surface area contributed by atoms with Crippen LogP contribution in [0.4, 0.5) is 0 Å². The van der Waals surface area contributed by atoms with Crippen LogP contribution in [0.15, 0.2) is 103 Å².